The second-order valence-corrected chi connectivity index (χ2v) is 3.01. The van der Waals surface area contributed by atoms with Crippen LogP contribution in [0.3, 0.4) is 0 Å². The third-order valence-electron chi connectivity index (χ3n) is 2.03. The second kappa shape index (κ2) is 3.40. The van der Waals surface area contributed by atoms with E-state index >= 15 is 0 Å². The minimum Gasteiger partial charge on any atom is -0.532 e. The van der Waals surface area contributed by atoms with E-state index < -0.39 is 24.5 Å². The fourth-order valence-electron chi connectivity index (χ4n) is 1.38. The maximum Gasteiger partial charge on any atom is 0.552 e. The van der Waals surface area contributed by atoms with Crippen LogP contribution in [0, 0.1) is 5.82 Å². The standard InChI is InChI=1S/C9H6BFO4/c11-6-2-1-5-3-4-10(14)15-8(5)7(6)9(12)13/h1-4,14H,(H,12,13). The smallest absolute Gasteiger partial charge is 0.532 e. The molecular weight excluding hydrogens is 202 g/mol. The van der Waals surface area contributed by atoms with Crippen molar-refractivity contribution in [3.8, 4) is 5.75 Å². The lowest BCUT2D eigenvalue weighted by atomic mass is 9.86. The largest absolute Gasteiger partial charge is 0.552 e. The molecule has 1 aliphatic heterocycles. The van der Waals surface area contributed by atoms with Crippen molar-refractivity contribution in [2.45, 2.75) is 0 Å². The van der Waals surface area contributed by atoms with Gasteiger partial charge < -0.3 is 14.8 Å². The Morgan fingerprint density at radius 2 is 2.20 bits per heavy atom. The summed E-state index contributed by atoms with van der Waals surface area (Å²) < 4.78 is 18.0. The molecular formula is C9H6BFO4. The van der Waals surface area contributed by atoms with Crippen LogP contribution in [0.25, 0.3) is 6.08 Å². The molecule has 1 aromatic rings. The summed E-state index contributed by atoms with van der Waals surface area (Å²) in [7, 11) is -1.24. The van der Waals surface area contributed by atoms with Gasteiger partial charge in [0.1, 0.15) is 17.1 Å². The SMILES string of the molecule is O=C(O)c1c(F)ccc2c1OB(O)C=C2. The van der Waals surface area contributed by atoms with Gasteiger partial charge in [-0.2, -0.15) is 0 Å². The van der Waals surface area contributed by atoms with Gasteiger partial charge in [-0.05, 0) is 18.1 Å². The van der Waals surface area contributed by atoms with Crippen LogP contribution in [-0.2, 0) is 0 Å². The van der Waals surface area contributed by atoms with Gasteiger partial charge in [-0.3, -0.25) is 0 Å². The molecule has 1 aliphatic rings. The Balaban J connectivity index is 2.64. The average Bonchev–Trinajstić information content (AvgIpc) is 2.16. The van der Waals surface area contributed by atoms with E-state index in [4.69, 9.17) is 14.8 Å². The second-order valence-electron chi connectivity index (χ2n) is 3.01. The Morgan fingerprint density at radius 1 is 1.47 bits per heavy atom. The molecule has 0 saturated heterocycles. The zero-order valence-electron chi connectivity index (χ0n) is 7.48. The van der Waals surface area contributed by atoms with Crippen molar-refractivity contribution >= 4 is 19.2 Å². The Labute approximate surface area is 84.8 Å². The van der Waals surface area contributed by atoms with Crippen LogP contribution < -0.4 is 4.65 Å². The first kappa shape index (κ1) is 9.73. The number of carbonyl (C=O) groups is 1. The van der Waals surface area contributed by atoms with Crippen molar-refractivity contribution in [2.24, 2.45) is 0 Å². The number of carboxylic acid groups (broad SMARTS) is 1. The first-order valence-electron chi connectivity index (χ1n) is 4.18. The van der Waals surface area contributed by atoms with Crippen LogP contribution in [0.4, 0.5) is 4.39 Å². The fraction of sp³-hybridized carbons (Fsp3) is 0. The number of halogens is 1. The first-order chi connectivity index (χ1) is 7.09. The van der Waals surface area contributed by atoms with Gasteiger partial charge in [0.2, 0.25) is 0 Å². The predicted octanol–water partition coefficient (Wildman–Crippen LogP) is 0.949. The van der Waals surface area contributed by atoms with E-state index in [-0.39, 0.29) is 5.75 Å². The molecule has 15 heavy (non-hydrogen) atoms. The van der Waals surface area contributed by atoms with E-state index in [0.29, 0.717) is 5.56 Å². The summed E-state index contributed by atoms with van der Waals surface area (Å²) in [6.07, 6.45) is 1.48. The molecule has 0 amide bonds. The topological polar surface area (TPSA) is 66.8 Å². The van der Waals surface area contributed by atoms with Crippen LogP contribution in [-0.4, -0.2) is 23.2 Å². The lowest BCUT2D eigenvalue weighted by Crippen LogP contribution is -2.23. The molecule has 0 radical (unpaired) electrons. The lowest BCUT2D eigenvalue weighted by Gasteiger charge is -2.17. The van der Waals surface area contributed by atoms with E-state index in [1.165, 1.54) is 18.1 Å². The highest BCUT2D eigenvalue weighted by molar-refractivity contribution is 6.51. The molecule has 0 fully saturated rings. The number of hydrogen-bond donors (Lipinski definition) is 2. The highest BCUT2D eigenvalue weighted by Crippen LogP contribution is 2.30. The molecule has 0 atom stereocenters. The van der Waals surface area contributed by atoms with Gasteiger partial charge in [-0.15, -0.1) is 0 Å². The van der Waals surface area contributed by atoms with Crippen molar-refractivity contribution in [3.63, 3.8) is 0 Å². The zero-order valence-corrected chi connectivity index (χ0v) is 7.48. The molecule has 76 valence electrons. The van der Waals surface area contributed by atoms with E-state index in [0.717, 1.165) is 6.07 Å². The van der Waals surface area contributed by atoms with E-state index in [9.17, 15) is 9.18 Å². The minimum atomic E-state index is -1.42. The minimum absolute atomic E-state index is 0.141. The number of benzene rings is 1. The van der Waals surface area contributed by atoms with Crippen molar-refractivity contribution < 1.29 is 24.0 Å². The normalized spacial score (nSPS) is 13.3. The molecule has 4 nitrogen and oxygen atoms in total. The summed E-state index contributed by atoms with van der Waals surface area (Å²) in [6.45, 7) is 0. The monoisotopic (exact) mass is 208 g/mol. The molecule has 6 heteroatoms. The fourth-order valence-corrected chi connectivity index (χ4v) is 1.38. The van der Waals surface area contributed by atoms with Crippen LogP contribution in [0.5, 0.6) is 5.75 Å². The number of aromatic carboxylic acids is 1. The van der Waals surface area contributed by atoms with Crippen LogP contribution in [0.2, 0.25) is 0 Å². The van der Waals surface area contributed by atoms with Crippen molar-refractivity contribution in [2.75, 3.05) is 0 Å². The van der Waals surface area contributed by atoms with Gasteiger partial charge in [0, 0.05) is 5.56 Å². The van der Waals surface area contributed by atoms with Gasteiger partial charge in [0.15, 0.2) is 0 Å². The van der Waals surface area contributed by atoms with Gasteiger partial charge in [-0.1, -0.05) is 6.08 Å². The lowest BCUT2D eigenvalue weighted by molar-refractivity contribution is 0.0689. The summed E-state index contributed by atoms with van der Waals surface area (Å²) in [5, 5.41) is 17.9. The highest BCUT2D eigenvalue weighted by Gasteiger charge is 2.26. The number of hydrogen-bond acceptors (Lipinski definition) is 3. The Kier molecular flexibility index (Phi) is 2.20. The highest BCUT2D eigenvalue weighted by atomic mass is 19.1. The van der Waals surface area contributed by atoms with Crippen molar-refractivity contribution in [1.29, 1.82) is 0 Å². The summed E-state index contributed by atoms with van der Waals surface area (Å²) in [6, 6.07) is 2.44. The number of rotatable bonds is 1. The quantitative estimate of drug-likeness (QED) is 0.674. The predicted molar refractivity (Wildman–Crippen MR) is 51.0 cm³/mol. The van der Waals surface area contributed by atoms with E-state index in [1.54, 1.807) is 0 Å². The Hall–Kier alpha value is -1.82. The first-order valence-corrected chi connectivity index (χ1v) is 4.18. The molecule has 0 unspecified atom stereocenters. The van der Waals surface area contributed by atoms with Crippen LogP contribution >= 0.6 is 0 Å². The molecule has 1 aromatic carbocycles. The number of fused-ring (bicyclic) bond motifs is 1. The third kappa shape index (κ3) is 1.59. The maximum absolute atomic E-state index is 13.2. The Bertz CT molecular complexity index is 458. The maximum atomic E-state index is 13.2. The number of carboxylic acids is 1. The zero-order chi connectivity index (χ0) is 11.0. The molecule has 1 heterocycles. The Morgan fingerprint density at radius 3 is 2.87 bits per heavy atom. The molecule has 0 spiro atoms. The molecule has 0 aromatic heterocycles. The van der Waals surface area contributed by atoms with Crippen LogP contribution in [0.15, 0.2) is 18.1 Å². The summed E-state index contributed by atoms with van der Waals surface area (Å²) in [5.74, 6) is -1.11. The van der Waals surface area contributed by atoms with E-state index in [2.05, 4.69) is 0 Å². The van der Waals surface area contributed by atoms with Gasteiger partial charge in [-0.25, -0.2) is 9.18 Å². The summed E-state index contributed by atoms with van der Waals surface area (Å²) in [4.78, 5) is 10.8. The summed E-state index contributed by atoms with van der Waals surface area (Å²) >= 11 is 0. The van der Waals surface area contributed by atoms with Gasteiger partial charge in [0.25, 0.3) is 0 Å². The van der Waals surface area contributed by atoms with E-state index in [1.807, 2.05) is 0 Å². The van der Waals surface area contributed by atoms with Crippen LogP contribution in [0.1, 0.15) is 15.9 Å². The molecule has 0 saturated carbocycles. The van der Waals surface area contributed by atoms with Crippen molar-refractivity contribution in [1.82, 2.24) is 0 Å². The van der Waals surface area contributed by atoms with Crippen molar-refractivity contribution in [3.05, 3.63) is 35.1 Å². The molecule has 0 aliphatic carbocycles. The molecule has 0 bridgehead atoms. The van der Waals surface area contributed by atoms with Gasteiger partial charge in [0.05, 0.1) is 0 Å². The molecule has 2 N–H and O–H groups in total. The average molecular weight is 208 g/mol. The molecule has 2 rings (SSSR count). The summed E-state index contributed by atoms with van der Waals surface area (Å²) in [5.41, 5.74) is -0.130. The van der Waals surface area contributed by atoms with Gasteiger partial charge >= 0.3 is 13.1 Å². The third-order valence-corrected chi connectivity index (χ3v) is 2.03.